The van der Waals surface area contributed by atoms with Crippen molar-refractivity contribution in [1.29, 1.82) is 0 Å². The fraction of sp³-hybridized carbons (Fsp3) is 0.556. The number of carbonyl (C=O) groups excluding carboxylic acids is 1. The number of piperidine rings is 1. The Kier molecular flexibility index (Phi) is 5.34. The van der Waals surface area contributed by atoms with Crippen LogP contribution in [0.25, 0.3) is 11.5 Å². The lowest BCUT2D eigenvalue weighted by Crippen LogP contribution is -2.42. The van der Waals surface area contributed by atoms with Crippen LogP contribution in [-0.2, 0) is 14.8 Å². The third kappa shape index (κ3) is 3.76. The van der Waals surface area contributed by atoms with Crippen LogP contribution in [0.15, 0.2) is 27.6 Å². The van der Waals surface area contributed by atoms with Crippen LogP contribution in [0.4, 0.5) is 0 Å². The maximum Gasteiger partial charge on any atom is 0.246 e. The van der Waals surface area contributed by atoms with Crippen molar-refractivity contribution < 1.29 is 17.6 Å². The van der Waals surface area contributed by atoms with Gasteiger partial charge in [-0.25, -0.2) is 8.42 Å². The number of rotatable bonds is 6. The molecule has 0 aliphatic carbocycles. The largest absolute Gasteiger partial charge is 0.458 e. The standard InChI is InChI=1S/C18H25N3O4S/c1-12(2)9-16(22)14-5-4-8-21(11-14)26(23,24)18-10-17(25-13(18)3)15-6-7-19-20-15/h6-7,10,12,14H,4-5,8-9,11H2,1-3H3,(H,19,20). The molecule has 3 rings (SSSR count). The lowest BCUT2D eigenvalue weighted by molar-refractivity contribution is -0.124. The van der Waals surface area contributed by atoms with Gasteiger partial charge in [0.25, 0.3) is 0 Å². The molecule has 1 aliphatic heterocycles. The molecule has 3 heterocycles. The predicted octanol–water partition coefficient (Wildman–Crippen LogP) is 2.99. The summed E-state index contributed by atoms with van der Waals surface area (Å²) in [5, 5.41) is 6.63. The van der Waals surface area contributed by atoms with Crippen molar-refractivity contribution in [3.05, 3.63) is 24.1 Å². The van der Waals surface area contributed by atoms with Crippen LogP contribution in [-0.4, -0.2) is 41.8 Å². The van der Waals surface area contributed by atoms with E-state index >= 15 is 0 Å². The van der Waals surface area contributed by atoms with E-state index in [-0.39, 0.29) is 29.1 Å². The number of ketones is 1. The highest BCUT2D eigenvalue weighted by atomic mass is 32.2. The number of furan rings is 1. The Hall–Kier alpha value is -1.93. The fourth-order valence-electron chi connectivity index (χ4n) is 3.38. The van der Waals surface area contributed by atoms with E-state index in [0.29, 0.717) is 36.6 Å². The minimum Gasteiger partial charge on any atom is -0.458 e. The number of aromatic amines is 1. The highest BCUT2D eigenvalue weighted by Crippen LogP contribution is 2.31. The van der Waals surface area contributed by atoms with E-state index in [0.717, 1.165) is 6.42 Å². The third-order valence-electron chi connectivity index (χ3n) is 4.71. The highest BCUT2D eigenvalue weighted by Gasteiger charge is 2.35. The quantitative estimate of drug-likeness (QED) is 0.832. The van der Waals surface area contributed by atoms with Crippen molar-refractivity contribution in [3.63, 3.8) is 0 Å². The van der Waals surface area contributed by atoms with Gasteiger partial charge in [0.2, 0.25) is 10.0 Å². The topological polar surface area (TPSA) is 96.3 Å². The van der Waals surface area contributed by atoms with E-state index in [4.69, 9.17) is 4.42 Å². The number of H-pyrrole nitrogens is 1. The van der Waals surface area contributed by atoms with Gasteiger partial charge in [-0.15, -0.1) is 0 Å². The van der Waals surface area contributed by atoms with E-state index in [1.54, 1.807) is 19.2 Å². The summed E-state index contributed by atoms with van der Waals surface area (Å²) in [6.07, 6.45) is 3.52. The van der Waals surface area contributed by atoms with E-state index in [1.165, 1.54) is 10.4 Å². The zero-order valence-electron chi connectivity index (χ0n) is 15.4. The molecule has 2 aromatic rings. The van der Waals surface area contributed by atoms with Crippen LogP contribution in [0.5, 0.6) is 0 Å². The number of nitrogens with zero attached hydrogens (tertiary/aromatic N) is 2. The molecular formula is C18H25N3O4S. The Balaban J connectivity index is 1.83. The smallest absolute Gasteiger partial charge is 0.246 e. The first kappa shape index (κ1) is 18.8. The van der Waals surface area contributed by atoms with Gasteiger partial charge in [-0.2, -0.15) is 9.40 Å². The molecule has 142 valence electrons. The zero-order valence-corrected chi connectivity index (χ0v) is 16.2. The summed E-state index contributed by atoms with van der Waals surface area (Å²) in [5.74, 6) is 0.984. The van der Waals surface area contributed by atoms with Gasteiger partial charge in [-0.1, -0.05) is 13.8 Å². The summed E-state index contributed by atoms with van der Waals surface area (Å²) < 4.78 is 33.3. The molecule has 7 nitrogen and oxygen atoms in total. The van der Waals surface area contributed by atoms with Crippen molar-refractivity contribution in [3.8, 4) is 11.5 Å². The first-order valence-electron chi connectivity index (χ1n) is 8.92. The summed E-state index contributed by atoms with van der Waals surface area (Å²) in [5.41, 5.74) is 0.623. The van der Waals surface area contributed by atoms with Crippen molar-refractivity contribution >= 4 is 15.8 Å². The minimum absolute atomic E-state index is 0.152. The van der Waals surface area contributed by atoms with Crippen molar-refractivity contribution in [2.75, 3.05) is 13.1 Å². The molecule has 1 unspecified atom stereocenters. The van der Waals surface area contributed by atoms with E-state index in [2.05, 4.69) is 10.2 Å². The average molecular weight is 379 g/mol. The first-order valence-corrected chi connectivity index (χ1v) is 10.4. The molecule has 0 amide bonds. The molecule has 0 spiro atoms. The van der Waals surface area contributed by atoms with Gasteiger partial charge in [-0.05, 0) is 31.7 Å². The van der Waals surface area contributed by atoms with Gasteiger partial charge < -0.3 is 4.42 Å². The summed E-state index contributed by atoms with van der Waals surface area (Å²) >= 11 is 0. The molecule has 0 saturated carbocycles. The van der Waals surface area contributed by atoms with Crippen LogP contribution < -0.4 is 0 Å². The number of hydrogen-bond acceptors (Lipinski definition) is 5. The van der Waals surface area contributed by atoms with E-state index in [1.807, 2.05) is 13.8 Å². The Morgan fingerprint density at radius 2 is 2.23 bits per heavy atom. The molecule has 1 atom stereocenters. The highest BCUT2D eigenvalue weighted by molar-refractivity contribution is 7.89. The van der Waals surface area contributed by atoms with Gasteiger partial charge in [0.05, 0.1) is 0 Å². The second kappa shape index (κ2) is 7.36. The molecule has 2 aromatic heterocycles. The van der Waals surface area contributed by atoms with Crippen molar-refractivity contribution in [2.45, 2.75) is 44.9 Å². The number of carbonyl (C=O) groups is 1. The van der Waals surface area contributed by atoms with E-state index < -0.39 is 10.0 Å². The second-order valence-corrected chi connectivity index (χ2v) is 9.17. The lowest BCUT2D eigenvalue weighted by atomic mass is 9.90. The molecular weight excluding hydrogens is 354 g/mol. The maximum absolute atomic E-state index is 13.1. The first-order chi connectivity index (χ1) is 12.3. The number of nitrogens with one attached hydrogen (secondary N) is 1. The van der Waals surface area contributed by atoms with Crippen LogP contribution >= 0.6 is 0 Å². The Morgan fingerprint density at radius 1 is 1.46 bits per heavy atom. The average Bonchev–Trinajstić information content (AvgIpc) is 3.23. The molecule has 1 N–H and O–H groups in total. The molecule has 0 radical (unpaired) electrons. The van der Waals surface area contributed by atoms with Crippen LogP contribution in [0, 0.1) is 18.8 Å². The Labute approximate surface area is 153 Å². The Bertz CT molecular complexity index is 868. The summed E-state index contributed by atoms with van der Waals surface area (Å²) in [4.78, 5) is 12.5. The van der Waals surface area contributed by atoms with Crippen molar-refractivity contribution in [1.82, 2.24) is 14.5 Å². The Morgan fingerprint density at radius 3 is 2.88 bits per heavy atom. The predicted molar refractivity (Wildman–Crippen MR) is 97.0 cm³/mol. The third-order valence-corrected chi connectivity index (χ3v) is 6.68. The molecule has 0 aromatic carbocycles. The summed E-state index contributed by atoms with van der Waals surface area (Å²) in [7, 11) is -3.70. The number of aromatic nitrogens is 2. The molecule has 8 heteroatoms. The minimum atomic E-state index is -3.70. The number of sulfonamides is 1. The molecule has 1 saturated heterocycles. The molecule has 0 bridgehead atoms. The zero-order chi connectivity index (χ0) is 18.9. The van der Waals surface area contributed by atoms with Gasteiger partial charge in [0, 0.05) is 37.7 Å². The molecule has 26 heavy (non-hydrogen) atoms. The normalized spacial score (nSPS) is 19.2. The van der Waals surface area contributed by atoms with Crippen LogP contribution in [0.2, 0.25) is 0 Å². The van der Waals surface area contributed by atoms with Gasteiger partial charge >= 0.3 is 0 Å². The van der Waals surface area contributed by atoms with Gasteiger partial charge in [0.1, 0.15) is 22.1 Å². The van der Waals surface area contributed by atoms with Crippen LogP contribution in [0.1, 0.15) is 38.9 Å². The van der Waals surface area contributed by atoms with Gasteiger partial charge in [-0.3, -0.25) is 9.89 Å². The number of aryl methyl sites for hydroxylation is 1. The maximum atomic E-state index is 13.1. The van der Waals surface area contributed by atoms with Gasteiger partial charge in [0.15, 0.2) is 5.76 Å². The lowest BCUT2D eigenvalue weighted by Gasteiger charge is -2.31. The number of Topliss-reactive ketones (excluding diaryl/α,β-unsaturated/α-hetero) is 1. The molecule has 1 aliphatic rings. The monoisotopic (exact) mass is 379 g/mol. The summed E-state index contributed by atoms with van der Waals surface area (Å²) in [6, 6.07) is 3.24. The molecule has 1 fully saturated rings. The fourth-order valence-corrected chi connectivity index (χ4v) is 5.06. The second-order valence-electron chi connectivity index (χ2n) is 7.27. The van der Waals surface area contributed by atoms with E-state index in [9.17, 15) is 13.2 Å². The number of hydrogen-bond donors (Lipinski definition) is 1. The van der Waals surface area contributed by atoms with Crippen LogP contribution in [0.3, 0.4) is 0 Å². The summed E-state index contributed by atoms with van der Waals surface area (Å²) in [6.45, 7) is 6.32. The van der Waals surface area contributed by atoms with Crippen molar-refractivity contribution in [2.24, 2.45) is 11.8 Å². The SMILES string of the molecule is Cc1oc(-c2ccn[nH]2)cc1S(=O)(=O)N1CCCC(C(=O)CC(C)C)C1.